The van der Waals surface area contributed by atoms with Gasteiger partial charge >= 0.3 is 0 Å². The Balaban J connectivity index is 2.01. The number of nitrogens with zero attached hydrogens (tertiary/aromatic N) is 1. The molecular weight excluding hydrogens is 286 g/mol. The van der Waals surface area contributed by atoms with Crippen LogP contribution >= 0.6 is 0 Å². The molecule has 0 aliphatic carbocycles. The lowest BCUT2D eigenvalue weighted by molar-refractivity contribution is 0.577. The molecular formula is C15H23N3O2S. The molecule has 1 aromatic heterocycles. The summed E-state index contributed by atoms with van der Waals surface area (Å²) >= 11 is 0. The van der Waals surface area contributed by atoms with Crippen LogP contribution in [0, 0.1) is 6.92 Å². The first-order valence-electron chi connectivity index (χ1n) is 7.17. The van der Waals surface area contributed by atoms with Gasteiger partial charge in [-0.25, -0.2) is 13.1 Å². The standard InChI is InChI=1S/C15H23N3O2S/c1-4-17-21(19,20)10-9-16-11-15-12(2)13-7-5-6-8-14(13)18(15)3/h5-8,16-17H,4,9-11H2,1-3H3. The molecule has 0 radical (unpaired) electrons. The molecule has 2 aromatic rings. The molecule has 21 heavy (non-hydrogen) atoms. The summed E-state index contributed by atoms with van der Waals surface area (Å²) in [5, 5.41) is 4.47. The van der Waals surface area contributed by atoms with Crippen molar-refractivity contribution in [3.8, 4) is 0 Å². The van der Waals surface area contributed by atoms with Crippen LogP contribution in [0.15, 0.2) is 24.3 Å². The average molecular weight is 309 g/mol. The Labute approximate surface area is 126 Å². The van der Waals surface area contributed by atoms with Crippen LogP contribution < -0.4 is 10.0 Å². The van der Waals surface area contributed by atoms with E-state index < -0.39 is 10.0 Å². The number of fused-ring (bicyclic) bond motifs is 1. The molecule has 6 heteroatoms. The summed E-state index contributed by atoms with van der Waals surface area (Å²) in [4.78, 5) is 0. The highest BCUT2D eigenvalue weighted by atomic mass is 32.2. The molecule has 1 heterocycles. The Morgan fingerprint density at radius 3 is 2.62 bits per heavy atom. The number of aryl methyl sites for hydroxylation is 2. The van der Waals surface area contributed by atoms with Gasteiger partial charge in [-0.05, 0) is 18.6 Å². The van der Waals surface area contributed by atoms with E-state index in [1.165, 1.54) is 22.2 Å². The third kappa shape index (κ3) is 3.64. The Morgan fingerprint density at radius 2 is 1.95 bits per heavy atom. The highest BCUT2D eigenvalue weighted by molar-refractivity contribution is 7.89. The van der Waals surface area contributed by atoms with Crippen molar-refractivity contribution in [1.29, 1.82) is 0 Å². The quantitative estimate of drug-likeness (QED) is 0.762. The summed E-state index contributed by atoms with van der Waals surface area (Å²) in [5.41, 5.74) is 3.64. The maximum Gasteiger partial charge on any atom is 0.212 e. The van der Waals surface area contributed by atoms with E-state index in [4.69, 9.17) is 0 Å². The maximum absolute atomic E-state index is 11.6. The predicted octanol–water partition coefficient (Wildman–Crippen LogP) is 1.52. The van der Waals surface area contributed by atoms with Crippen molar-refractivity contribution in [2.24, 2.45) is 7.05 Å². The topological polar surface area (TPSA) is 63.1 Å². The maximum atomic E-state index is 11.6. The first-order chi connectivity index (χ1) is 9.96. The molecule has 0 aliphatic heterocycles. The number of para-hydroxylation sites is 1. The minimum atomic E-state index is -3.15. The first kappa shape index (κ1) is 16.0. The van der Waals surface area contributed by atoms with Crippen molar-refractivity contribution in [1.82, 2.24) is 14.6 Å². The third-order valence-corrected chi connectivity index (χ3v) is 5.18. The SMILES string of the molecule is CCNS(=O)(=O)CCNCc1c(C)c2ccccc2n1C. The van der Waals surface area contributed by atoms with E-state index in [2.05, 4.69) is 33.7 Å². The van der Waals surface area contributed by atoms with Crippen molar-refractivity contribution < 1.29 is 8.42 Å². The normalized spacial score (nSPS) is 12.1. The van der Waals surface area contributed by atoms with Gasteiger partial charge in [0.2, 0.25) is 10.0 Å². The van der Waals surface area contributed by atoms with Crippen molar-refractivity contribution in [3.05, 3.63) is 35.5 Å². The van der Waals surface area contributed by atoms with Crippen LogP contribution in [0.25, 0.3) is 10.9 Å². The second kappa shape index (κ2) is 6.60. The summed E-state index contributed by atoms with van der Waals surface area (Å²) in [6.07, 6.45) is 0. The number of hydrogen-bond donors (Lipinski definition) is 2. The molecule has 2 N–H and O–H groups in total. The Morgan fingerprint density at radius 1 is 1.24 bits per heavy atom. The summed E-state index contributed by atoms with van der Waals surface area (Å²) < 4.78 is 27.8. The van der Waals surface area contributed by atoms with E-state index in [9.17, 15) is 8.42 Å². The number of nitrogens with one attached hydrogen (secondary N) is 2. The van der Waals surface area contributed by atoms with Crippen LogP contribution in [0.4, 0.5) is 0 Å². The molecule has 0 bridgehead atoms. The summed E-state index contributed by atoms with van der Waals surface area (Å²) in [5.74, 6) is 0.101. The lowest BCUT2D eigenvalue weighted by Gasteiger charge is -2.09. The van der Waals surface area contributed by atoms with Gasteiger partial charge in [0.15, 0.2) is 0 Å². The largest absolute Gasteiger partial charge is 0.346 e. The zero-order chi connectivity index (χ0) is 15.5. The Kier molecular flexibility index (Phi) is 5.03. The smallest absolute Gasteiger partial charge is 0.212 e. The molecule has 116 valence electrons. The Bertz CT molecular complexity index is 681. The lowest BCUT2D eigenvalue weighted by Crippen LogP contribution is -2.31. The van der Waals surface area contributed by atoms with Gasteiger partial charge < -0.3 is 9.88 Å². The molecule has 0 aliphatic rings. The van der Waals surface area contributed by atoms with E-state index in [1.807, 2.05) is 19.2 Å². The highest BCUT2D eigenvalue weighted by Gasteiger charge is 2.11. The van der Waals surface area contributed by atoms with Crippen molar-refractivity contribution >= 4 is 20.9 Å². The van der Waals surface area contributed by atoms with Gasteiger partial charge in [-0.15, -0.1) is 0 Å². The van der Waals surface area contributed by atoms with Crippen molar-refractivity contribution in [3.63, 3.8) is 0 Å². The van der Waals surface area contributed by atoms with Gasteiger partial charge in [0.05, 0.1) is 5.75 Å². The van der Waals surface area contributed by atoms with E-state index in [0.29, 0.717) is 19.6 Å². The van der Waals surface area contributed by atoms with Crippen LogP contribution in [-0.4, -0.2) is 31.8 Å². The van der Waals surface area contributed by atoms with Crippen molar-refractivity contribution in [2.75, 3.05) is 18.8 Å². The summed E-state index contributed by atoms with van der Waals surface area (Å²) in [6, 6.07) is 8.28. The number of benzene rings is 1. The van der Waals surface area contributed by atoms with Gasteiger partial charge in [-0.2, -0.15) is 0 Å². The van der Waals surface area contributed by atoms with E-state index in [1.54, 1.807) is 6.92 Å². The summed E-state index contributed by atoms with van der Waals surface area (Å²) in [7, 11) is -1.11. The molecule has 0 atom stereocenters. The van der Waals surface area contributed by atoms with Crippen LogP contribution in [0.2, 0.25) is 0 Å². The van der Waals surface area contributed by atoms with Gasteiger partial charge in [-0.3, -0.25) is 0 Å². The lowest BCUT2D eigenvalue weighted by atomic mass is 10.1. The number of rotatable bonds is 7. The minimum Gasteiger partial charge on any atom is -0.346 e. The molecule has 0 saturated heterocycles. The molecule has 0 unspecified atom stereocenters. The zero-order valence-electron chi connectivity index (χ0n) is 12.8. The van der Waals surface area contributed by atoms with E-state index >= 15 is 0 Å². The monoisotopic (exact) mass is 309 g/mol. The number of sulfonamides is 1. The van der Waals surface area contributed by atoms with Gasteiger partial charge in [0.1, 0.15) is 0 Å². The van der Waals surface area contributed by atoms with Crippen LogP contribution in [0.5, 0.6) is 0 Å². The fourth-order valence-corrected chi connectivity index (χ4v) is 3.59. The zero-order valence-corrected chi connectivity index (χ0v) is 13.6. The first-order valence-corrected chi connectivity index (χ1v) is 8.82. The van der Waals surface area contributed by atoms with Crippen LogP contribution in [0.1, 0.15) is 18.2 Å². The summed E-state index contributed by atoms with van der Waals surface area (Å²) in [6.45, 7) is 5.43. The third-order valence-electron chi connectivity index (χ3n) is 3.71. The highest BCUT2D eigenvalue weighted by Crippen LogP contribution is 2.24. The molecule has 2 rings (SSSR count). The van der Waals surface area contributed by atoms with Gasteiger partial charge in [0, 0.05) is 43.3 Å². The predicted molar refractivity (Wildman–Crippen MR) is 86.8 cm³/mol. The molecule has 5 nitrogen and oxygen atoms in total. The van der Waals surface area contributed by atoms with Crippen LogP contribution in [-0.2, 0) is 23.6 Å². The Hall–Kier alpha value is -1.37. The van der Waals surface area contributed by atoms with Crippen molar-refractivity contribution in [2.45, 2.75) is 20.4 Å². The fourth-order valence-electron chi connectivity index (χ4n) is 2.59. The number of hydrogen-bond acceptors (Lipinski definition) is 3. The molecule has 0 fully saturated rings. The van der Waals surface area contributed by atoms with E-state index in [-0.39, 0.29) is 5.75 Å². The van der Waals surface area contributed by atoms with Gasteiger partial charge in [0.25, 0.3) is 0 Å². The second-order valence-electron chi connectivity index (χ2n) is 5.14. The minimum absolute atomic E-state index is 0.101. The van der Waals surface area contributed by atoms with Crippen LogP contribution in [0.3, 0.4) is 0 Å². The van der Waals surface area contributed by atoms with E-state index in [0.717, 1.165) is 0 Å². The average Bonchev–Trinajstić information content (AvgIpc) is 2.68. The molecule has 0 amide bonds. The molecule has 0 spiro atoms. The second-order valence-corrected chi connectivity index (χ2v) is 7.07. The molecule has 1 aromatic carbocycles. The number of aromatic nitrogens is 1. The molecule has 0 saturated carbocycles. The fraction of sp³-hybridized carbons (Fsp3) is 0.467. The van der Waals surface area contributed by atoms with Gasteiger partial charge in [-0.1, -0.05) is 25.1 Å².